The first-order valence-corrected chi connectivity index (χ1v) is 19.1. The van der Waals surface area contributed by atoms with Crippen molar-refractivity contribution < 1.29 is 23.9 Å². The van der Waals surface area contributed by atoms with E-state index in [1.165, 1.54) is 0 Å². The van der Waals surface area contributed by atoms with E-state index < -0.39 is 43.9 Å². The first-order valence-electron chi connectivity index (χ1n) is 15.7. The number of ether oxygens (including phenoxy) is 1. The molecule has 242 valence electrons. The van der Waals surface area contributed by atoms with Gasteiger partial charge in [-0.3, -0.25) is 9.59 Å². The molecule has 0 aliphatic heterocycles. The zero-order valence-electron chi connectivity index (χ0n) is 28.4. The van der Waals surface area contributed by atoms with Gasteiger partial charge in [-0.1, -0.05) is 78.8 Å². The summed E-state index contributed by atoms with van der Waals surface area (Å²) in [6.45, 7) is 27.2. The molecular weight excluding hydrogens is 575 g/mol. The van der Waals surface area contributed by atoms with Crippen LogP contribution in [0, 0.1) is 24.2 Å². The van der Waals surface area contributed by atoms with Crippen LogP contribution >= 0.6 is 11.3 Å². The molecule has 43 heavy (non-hydrogen) atoms. The molecule has 0 radical (unpaired) electrons. The third-order valence-electron chi connectivity index (χ3n) is 8.93. The molecule has 1 aromatic heterocycles. The fourth-order valence-electron chi connectivity index (χ4n) is 5.38. The third kappa shape index (κ3) is 11.4. The maximum atomic E-state index is 14.0. The first kappa shape index (κ1) is 38.9. The van der Waals surface area contributed by atoms with Crippen molar-refractivity contribution in [3.05, 3.63) is 58.6 Å². The molecular formula is C35H57NO5SSi. The standard InChI is InChI=1S/C35H57NO5SSi/c1-13-18-25(7)33(38)27(9)34(39)35(11,12)31(41-43(15-3,16-4)17-5)22-32(37)40-30(20-19-24(6)14-2)26(8)21-29-23-42-28(10)36-29/h13-14,19,21,23,25,27,30-31,33,38H,1-2,15-18,20,22H2,3-12H3/b24-19-,26-21+/t25-,27+,30-,31-,33-/m0/s1. The minimum absolute atomic E-state index is 0.0533. The molecule has 0 aliphatic rings. The average molecular weight is 632 g/mol. The molecule has 5 atom stereocenters. The lowest BCUT2D eigenvalue weighted by Crippen LogP contribution is -2.51. The number of carbonyl (C=O) groups is 2. The summed E-state index contributed by atoms with van der Waals surface area (Å²) in [6, 6.07) is 2.65. The lowest BCUT2D eigenvalue weighted by Gasteiger charge is -2.42. The number of thiazole rings is 1. The van der Waals surface area contributed by atoms with Crippen molar-refractivity contribution in [1.82, 2.24) is 4.98 Å². The molecule has 0 aromatic carbocycles. The Kier molecular flexibility index (Phi) is 16.3. The van der Waals surface area contributed by atoms with Gasteiger partial charge in [0, 0.05) is 23.1 Å². The van der Waals surface area contributed by atoms with Gasteiger partial charge in [0.15, 0.2) is 8.32 Å². The number of esters is 1. The van der Waals surface area contributed by atoms with Gasteiger partial charge < -0.3 is 14.3 Å². The summed E-state index contributed by atoms with van der Waals surface area (Å²) in [5, 5.41) is 13.9. The molecule has 1 heterocycles. The molecule has 0 amide bonds. The van der Waals surface area contributed by atoms with Gasteiger partial charge in [-0.15, -0.1) is 17.9 Å². The number of hydrogen-bond donors (Lipinski definition) is 1. The Bertz CT molecular complexity index is 1120. The van der Waals surface area contributed by atoms with Gasteiger partial charge >= 0.3 is 5.97 Å². The Morgan fingerprint density at radius 3 is 2.21 bits per heavy atom. The number of aliphatic hydroxyl groups excluding tert-OH is 1. The summed E-state index contributed by atoms with van der Waals surface area (Å²) in [7, 11) is -2.22. The van der Waals surface area contributed by atoms with Gasteiger partial charge in [0.1, 0.15) is 11.9 Å². The van der Waals surface area contributed by atoms with E-state index in [-0.39, 0.29) is 18.1 Å². The number of carbonyl (C=O) groups excluding carboxylic acids is 2. The molecule has 0 spiro atoms. The van der Waals surface area contributed by atoms with Crippen LogP contribution in [0.3, 0.4) is 0 Å². The van der Waals surface area contributed by atoms with E-state index in [0.717, 1.165) is 40.0 Å². The molecule has 1 aromatic rings. The van der Waals surface area contributed by atoms with Gasteiger partial charge in [-0.25, -0.2) is 4.98 Å². The molecule has 0 unspecified atom stereocenters. The van der Waals surface area contributed by atoms with E-state index >= 15 is 0 Å². The molecule has 0 bridgehead atoms. The molecule has 0 saturated heterocycles. The predicted octanol–water partition coefficient (Wildman–Crippen LogP) is 8.87. The summed E-state index contributed by atoms with van der Waals surface area (Å²) in [6.07, 6.45) is 6.53. The normalized spacial score (nSPS) is 16.6. The molecule has 8 heteroatoms. The number of hydrogen-bond acceptors (Lipinski definition) is 7. The Morgan fingerprint density at radius 1 is 1.12 bits per heavy atom. The smallest absolute Gasteiger partial charge is 0.309 e. The predicted molar refractivity (Wildman–Crippen MR) is 184 cm³/mol. The van der Waals surface area contributed by atoms with Crippen LogP contribution in [0.5, 0.6) is 0 Å². The lowest BCUT2D eigenvalue weighted by molar-refractivity contribution is -0.153. The van der Waals surface area contributed by atoms with Crippen LogP contribution in [-0.2, 0) is 18.8 Å². The van der Waals surface area contributed by atoms with Gasteiger partial charge in [0.2, 0.25) is 0 Å². The van der Waals surface area contributed by atoms with Crippen molar-refractivity contribution >= 4 is 37.5 Å². The van der Waals surface area contributed by atoms with Crippen LogP contribution < -0.4 is 0 Å². The van der Waals surface area contributed by atoms with Crippen molar-refractivity contribution in [1.29, 1.82) is 0 Å². The Morgan fingerprint density at radius 2 is 1.72 bits per heavy atom. The van der Waals surface area contributed by atoms with Crippen LogP contribution in [0.2, 0.25) is 18.1 Å². The molecule has 0 saturated carbocycles. The Hall–Kier alpha value is -2.13. The second kappa shape index (κ2) is 18.0. The average Bonchev–Trinajstić information content (AvgIpc) is 3.39. The number of allylic oxidation sites excluding steroid dienone is 3. The van der Waals surface area contributed by atoms with Crippen LogP contribution in [0.4, 0.5) is 0 Å². The fourth-order valence-corrected chi connectivity index (χ4v) is 8.93. The van der Waals surface area contributed by atoms with Crippen molar-refractivity contribution in [3.63, 3.8) is 0 Å². The van der Waals surface area contributed by atoms with E-state index in [1.54, 1.807) is 30.4 Å². The highest BCUT2D eigenvalue weighted by molar-refractivity contribution is 7.09. The number of aryl methyl sites for hydroxylation is 1. The second-order valence-electron chi connectivity index (χ2n) is 12.5. The monoisotopic (exact) mass is 631 g/mol. The van der Waals surface area contributed by atoms with Gasteiger partial charge in [0.25, 0.3) is 0 Å². The molecule has 6 nitrogen and oxygen atoms in total. The van der Waals surface area contributed by atoms with Gasteiger partial charge in [-0.05, 0) is 62.9 Å². The number of Topliss-reactive ketones (excluding diaryl/α,β-unsaturated/α-hetero) is 1. The van der Waals surface area contributed by atoms with Crippen LogP contribution in [-0.4, -0.2) is 48.5 Å². The second-order valence-corrected chi connectivity index (χ2v) is 18.3. The van der Waals surface area contributed by atoms with E-state index in [2.05, 4.69) is 38.9 Å². The summed E-state index contributed by atoms with van der Waals surface area (Å²) >= 11 is 1.57. The molecule has 1 N–H and O–H groups in total. The maximum absolute atomic E-state index is 14.0. The highest BCUT2D eigenvalue weighted by Crippen LogP contribution is 2.37. The SMILES string of the molecule is C=CC[C@H](C)[C@H](O)[C@@H](C)C(=O)C(C)(C)[C@H](CC(=O)O[C@@H](C/C=C(/C)C=C)/C(C)=C/c1csc(C)n1)O[Si](CC)(CC)CC. The first-order chi connectivity index (χ1) is 20.1. The molecule has 0 fully saturated rings. The highest BCUT2D eigenvalue weighted by Gasteiger charge is 2.46. The summed E-state index contributed by atoms with van der Waals surface area (Å²) in [5.41, 5.74) is 1.69. The quantitative estimate of drug-likeness (QED) is 0.0670. The van der Waals surface area contributed by atoms with Crippen molar-refractivity contribution in [3.8, 4) is 0 Å². The number of ketones is 1. The summed E-state index contributed by atoms with van der Waals surface area (Å²) in [4.78, 5) is 32.3. The zero-order valence-corrected chi connectivity index (χ0v) is 30.2. The zero-order chi connectivity index (χ0) is 33.0. The number of aliphatic hydroxyl groups is 1. The molecule has 0 aliphatic carbocycles. The van der Waals surface area contributed by atoms with E-state index in [1.807, 2.05) is 59.1 Å². The minimum atomic E-state index is -2.22. The highest BCUT2D eigenvalue weighted by atomic mass is 32.1. The Labute approximate surface area is 266 Å². The summed E-state index contributed by atoms with van der Waals surface area (Å²) < 4.78 is 13.0. The van der Waals surface area contributed by atoms with Crippen molar-refractivity contribution in [2.75, 3.05) is 0 Å². The third-order valence-corrected chi connectivity index (χ3v) is 14.4. The van der Waals surface area contributed by atoms with Gasteiger partial charge in [0.05, 0.1) is 29.3 Å². The van der Waals surface area contributed by atoms with Crippen LogP contribution in [0.25, 0.3) is 6.08 Å². The van der Waals surface area contributed by atoms with Gasteiger partial charge in [-0.2, -0.15) is 0 Å². The number of aromatic nitrogens is 1. The van der Waals surface area contributed by atoms with Crippen LogP contribution in [0.15, 0.2) is 47.9 Å². The Balaban J connectivity index is 3.42. The van der Waals surface area contributed by atoms with Crippen molar-refractivity contribution in [2.45, 2.75) is 125 Å². The van der Waals surface area contributed by atoms with E-state index in [9.17, 15) is 14.7 Å². The van der Waals surface area contributed by atoms with Crippen molar-refractivity contribution in [2.24, 2.45) is 17.3 Å². The molecule has 1 rings (SSSR count). The largest absolute Gasteiger partial charge is 0.457 e. The maximum Gasteiger partial charge on any atom is 0.309 e. The minimum Gasteiger partial charge on any atom is -0.457 e. The van der Waals surface area contributed by atoms with E-state index in [4.69, 9.17) is 9.16 Å². The fraction of sp³-hybridized carbons (Fsp3) is 0.629. The summed E-state index contributed by atoms with van der Waals surface area (Å²) in [5.74, 6) is -1.27. The lowest BCUT2D eigenvalue weighted by atomic mass is 9.73. The number of nitrogens with zero attached hydrogens (tertiary/aromatic N) is 1. The number of rotatable bonds is 20. The topological polar surface area (TPSA) is 85.7 Å². The van der Waals surface area contributed by atoms with E-state index in [0.29, 0.717) is 12.8 Å². The van der Waals surface area contributed by atoms with Crippen LogP contribution in [0.1, 0.15) is 92.3 Å².